The normalized spacial score (nSPS) is 12.8. The van der Waals surface area contributed by atoms with Gasteiger partial charge in [-0.05, 0) is 31.4 Å². The van der Waals surface area contributed by atoms with E-state index in [0.717, 1.165) is 12.2 Å². The van der Waals surface area contributed by atoms with E-state index in [-0.39, 0.29) is 18.6 Å². The molecule has 6 nitrogen and oxygen atoms in total. The molecule has 0 aromatic carbocycles. The lowest BCUT2D eigenvalue weighted by Gasteiger charge is -2.18. The number of nitrogens with zero attached hydrogens (tertiary/aromatic N) is 3. The topological polar surface area (TPSA) is 79.5 Å². The van der Waals surface area contributed by atoms with Crippen molar-refractivity contribution in [1.29, 1.82) is 0 Å². The van der Waals surface area contributed by atoms with Crippen molar-refractivity contribution in [3.63, 3.8) is 0 Å². The highest BCUT2D eigenvalue weighted by Gasteiger charge is 2.15. The first-order chi connectivity index (χ1) is 9.51. The van der Waals surface area contributed by atoms with Crippen molar-refractivity contribution in [2.24, 2.45) is 5.92 Å². The van der Waals surface area contributed by atoms with E-state index in [2.05, 4.69) is 29.4 Å². The molecule has 6 heteroatoms. The van der Waals surface area contributed by atoms with Crippen molar-refractivity contribution in [2.45, 2.75) is 33.2 Å². The molecular formula is C14H20N4O2. The van der Waals surface area contributed by atoms with Crippen LogP contribution in [0.1, 0.15) is 36.5 Å². The molecule has 0 saturated carbocycles. The lowest BCUT2D eigenvalue weighted by molar-refractivity contribution is 0.0908. The van der Waals surface area contributed by atoms with E-state index in [0.29, 0.717) is 17.1 Å². The van der Waals surface area contributed by atoms with Gasteiger partial charge in [-0.15, -0.1) is 10.2 Å². The molecule has 2 aromatic heterocycles. The van der Waals surface area contributed by atoms with Gasteiger partial charge in [-0.3, -0.25) is 9.20 Å². The van der Waals surface area contributed by atoms with Gasteiger partial charge in [0.25, 0.3) is 5.91 Å². The Morgan fingerprint density at radius 1 is 1.40 bits per heavy atom. The van der Waals surface area contributed by atoms with E-state index in [4.69, 9.17) is 0 Å². The first-order valence-electron chi connectivity index (χ1n) is 6.74. The number of pyridine rings is 1. The maximum absolute atomic E-state index is 12.2. The molecule has 2 aromatic rings. The molecule has 0 aliphatic heterocycles. The van der Waals surface area contributed by atoms with Crippen molar-refractivity contribution < 1.29 is 9.90 Å². The highest BCUT2D eigenvalue weighted by atomic mass is 16.3. The Morgan fingerprint density at radius 3 is 2.80 bits per heavy atom. The summed E-state index contributed by atoms with van der Waals surface area (Å²) in [5.41, 5.74) is 1.24. The molecule has 0 saturated heterocycles. The standard InChI is InChI=1S/C14H20N4O2/c1-9(2)6-12(8-19)15-14(20)11-4-5-13-17-16-10(3)18(13)7-11/h4-5,7,9,12,19H,6,8H2,1-3H3,(H,15,20). The number of hydrogen-bond donors (Lipinski definition) is 2. The Morgan fingerprint density at radius 2 is 2.15 bits per heavy atom. The van der Waals surface area contributed by atoms with Crippen LogP contribution in [-0.4, -0.2) is 38.3 Å². The number of carbonyl (C=O) groups excluding carboxylic acids is 1. The number of aliphatic hydroxyl groups excluding tert-OH is 1. The summed E-state index contributed by atoms with van der Waals surface area (Å²) in [4.78, 5) is 12.2. The number of aromatic nitrogens is 3. The number of hydrogen-bond acceptors (Lipinski definition) is 4. The second-order valence-corrected chi connectivity index (χ2v) is 5.38. The summed E-state index contributed by atoms with van der Waals surface area (Å²) in [7, 11) is 0. The zero-order chi connectivity index (χ0) is 14.7. The SMILES string of the molecule is Cc1nnc2ccc(C(=O)NC(CO)CC(C)C)cn12. The molecule has 0 spiro atoms. The minimum atomic E-state index is -0.222. The Bertz CT molecular complexity index is 606. The number of nitrogens with one attached hydrogen (secondary N) is 1. The van der Waals surface area contributed by atoms with E-state index in [1.54, 1.807) is 22.7 Å². The van der Waals surface area contributed by atoms with Crippen LogP contribution in [0.25, 0.3) is 5.65 Å². The maximum Gasteiger partial charge on any atom is 0.253 e. The summed E-state index contributed by atoms with van der Waals surface area (Å²) in [6.45, 7) is 5.89. The van der Waals surface area contributed by atoms with Crippen LogP contribution in [0.15, 0.2) is 18.3 Å². The van der Waals surface area contributed by atoms with Crippen molar-refractivity contribution >= 4 is 11.6 Å². The highest BCUT2D eigenvalue weighted by molar-refractivity contribution is 5.94. The minimum Gasteiger partial charge on any atom is -0.394 e. The fourth-order valence-electron chi connectivity index (χ4n) is 2.16. The lowest BCUT2D eigenvalue weighted by Crippen LogP contribution is -2.38. The number of aryl methyl sites for hydroxylation is 1. The smallest absolute Gasteiger partial charge is 0.253 e. The predicted octanol–water partition coefficient (Wildman–Crippen LogP) is 1.17. The molecule has 0 radical (unpaired) electrons. The molecule has 0 fully saturated rings. The van der Waals surface area contributed by atoms with E-state index in [1.165, 1.54) is 0 Å². The summed E-state index contributed by atoms with van der Waals surface area (Å²) in [5.74, 6) is 0.949. The van der Waals surface area contributed by atoms with Crippen LogP contribution >= 0.6 is 0 Å². The summed E-state index contributed by atoms with van der Waals surface area (Å²) in [5, 5.41) is 20.1. The summed E-state index contributed by atoms with van der Waals surface area (Å²) >= 11 is 0. The molecule has 2 N–H and O–H groups in total. The Hall–Kier alpha value is -1.95. The molecule has 1 amide bonds. The zero-order valence-electron chi connectivity index (χ0n) is 12.0. The molecule has 0 aliphatic carbocycles. The van der Waals surface area contributed by atoms with Gasteiger partial charge in [0.2, 0.25) is 0 Å². The van der Waals surface area contributed by atoms with Gasteiger partial charge >= 0.3 is 0 Å². The third kappa shape index (κ3) is 3.14. The van der Waals surface area contributed by atoms with Gasteiger partial charge in [0.1, 0.15) is 5.82 Å². The van der Waals surface area contributed by atoms with Crippen LogP contribution in [0.2, 0.25) is 0 Å². The van der Waals surface area contributed by atoms with Gasteiger partial charge in [0, 0.05) is 6.20 Å². The molecule has 1 atom stereocenters. The molecule has 108 valence electrons. The highest BCUT2D eigenvalue weighted by Crippen LogP contribution is 2.09. The Balaban J connectivity index is 2.15. The van der Waals surface area contributed by atoms with E-state index < -0.39 is 0 Å². The lowest BCUT2D eigenvalue weighted by atomic mass is 10.0. The minimum absolute atomic E-state index is 0.0577. The average molecular weight is 276 g/mol. The second kappa shape index (κ2) is 6.00. The zero-order valence-corrected chi connectivity index (χ0v) is 12.0. The molecule has 2 heterocycles. The summed E-state index contributed by atoms with van der Waals surface area (Å²) < 4.78 is 1.77. The van der Waals surface area contributed by atoms with Crippen molar-refractivity contribution in [3.8, 4) is 0 Å². The van der Waals surface area contributed by atoms with E-state index in [9.17, 15) is 9.90 Å². The van der Waals surface area contributed by atoms with Crippen LogP contribution in [0.4, 0.5) is 0 Å². The fraction of sp³-hybridized carbons (Fsp3) is 0.500. The number of fused-ring (bicyclic) bond motifs is 1. The average Bonchev–Trinajstić information content (AvgIpc) is 2.78. The monoisotopic (exact) mass is 276 g/mol. The summed E-state index contributed by atoms with van der Waals surface area (Å²) in [6.07, 6.45) is 2.46. The van der Waals surface area contributed by atoms with Gasteiger partial charge in [-0.25, -0.2) is 0 Å². The Kier molecular flexibility index (Phi) is 4.34. The van der Waals surface area contributed by atoms with Crippen LogP contribution in [-0.2, 0) is 0 Å². The van der Waals surface area contributed by atoms with Gasteiger partial charge in [-0.1, -0.05) is 13.8 Å². The number of aliphatic hydroxyl groups is 1. The van der Waals surface area contributed by atoms with Crippen molar-refractivity contribution in [3.05, 3.63) is 29.7 Å². The summed E-state index contributed by atoms with van der Waals surface area (Å²) in [6, 6.07) is 3.24. The van der Waals surface area contributed by atoms with Crippen LogP contribution in [0, 0.1) is 12.8 Å². The van der Waals surface area contributed by atoms with Gasteiger partial charge < -0.3 is 10.4 Å². The second-order valence-electron chi connectivity index (χ2n) is 5.38. The van der Waals surface area contributed by atoms with E-state index in [1.807, 2.05) is 6.92 Å². The van der Waals surface area contributed by atoms with Crippen LogP contribution in [0.5, 0.6) is 0 Å². The molecule has 0 aliphatic rings. The van der Waals surface area contributed by atoms with Crippen LogP contribution < -0.4 is 5.32 Å². The Labute approximate surface area is 117 Å². The first kappa shape index (κ1) is 14.5. The maximum atomic E-state index is 12.2. The van der Waals surface area contributed by atoms with Crippen molar-refractivity contribution in [2.75, 3.05) is 6.61 Å². The van der Waals surface area contributed by atoms with Gasteiger partial charge in [-0.2, -0.15) is 0 Å². The van der Waals surface area contributed by atoms with E-state index >= 15 is 0 Å². The largest absolute Gasteiger partial charge is 0.394 e. The van der Waals surface area contributed by atoms with Crippen LogP contribution in [0.3, 0.4) is 0 Å². The number of carbonyl (C=O) groups is 1. The molecule has 2 rings (SSSR count). The van der Waals surface area contributed by atoms with Crippen molar-refractivity contribution in [1.82, 2.24) is 19.9 Å². The number of amides is 1. The fourth-order valence-corrected chi connectivity index (χ4v) is 2.16. The van der Waals surface area contributed by atoms with Gasteiger partial charge in [0.15, 0.2) is 5.65 Å². The quantitative estimate of drug-likeness (QED) is 0.859. The van der Waals surface area contributed by atoms with Gasteiger partial charge in [0.05, 0.1) is 18.2 Å². The third-order valence-electron chi connectivity index (χ3n) is 3.15. The predicted molar refractivity (Wildman–Crippen MR) is 75.5 cm³/mol. The molecule has 20 heavy (non-hydrogen) atoms. The third-order valence-corrected chi connectivity index (χ3v) is 3.15. The molecular weight excluding hydrogens is 256 g/mol. The number of rotatable bonds is 5. The molecule has 1 unspecified atom stereocenters. The molecule has 0 bridgehead atoms. The first-order valence-corrected chi connectivity index (χ1v) is 6.74.